The number of nitrogens with zero attached hydrogens (tertiary/aromatic N) is 1. The number of pyridine rings is 1. The molecule has 1 rings (SSSR count). The Morgan fingerprint density at radius 3 is 2.71 bits per heavy atom. The quantitative estimate of drug-likeness (QED) is 0.705. The van der Waals surface area contributed by atoms with Crippen molar-refractivity contribution in [2.45, 2.75) is 24.2 Å². The van der Waals surface area contributed by atoms with Crippen LogP contribution in [0, 0.1) is 5.82 Å². The molecule has 0 bridgehead atoms. The van der Waals surface area contributed by atoms with Gasteiger partial charge in [0.05, 0.1) is 6.20 Å². The van der Waals surface area contributed by atoms with E-state index in [4.69, 9.17) is 5.73 Å². The molecule has 0 unspecified atom stereocenters. The highest BCUT2D eigenvalue weighted by atomic mass is 32.2. The average molecular weight is 261 g/mol. The molecule has 7 heteroatoms. The zero-order chi connectivity index (χ0) is 12.7. The van der Waals surface area contributed by atoms with Gasteiger partial charge in [0.15, 0.2) is 0 Å². The molecular weight excluding hydrogens is 245 g/mol. The lowest BCUT2D eigenvalue weighted by molar-refractivity contribution is 0.570. The largest absolute Gasteiger partial charge is 0.330 e. The Kier molecular flexibility index (Phi) is 5.46. The molecule has 0 aromatic carbocycles. The first-order chi connectivity index (χ1) is 8.06. The lowest BCUT2D eigenvalue weighted by Gasteiger charge is -2.06. The van der Waals surface area contributed by atoms with Crippen LogP contribution in [-0.2, 0) is 10.0 Å². The van der Waals surface area contributed by atoms with E-state index in [1.807, 2.05) is 0 Å². The lowest BCUT2D eigenvalue weighted by atomic mass is 10.2. The van der Waals surface area contributed by atoms with Crippen LogP contribution in [0.5, 0.6) is 0 Å². The molecule has 1 heterocycles. The summed E-state index contributed by atoms with van der Waals surface area (Å²) in [6.07, 6.45) is 4.51. The second-order valence-electron chi connectivity index (χ2n) is 3.59. The monoisotopic (exact) mass is 261 g/mol. The first-order valence-electron chi connectivity index (χ1n) is 5.36. The molecular formula is C10H16FN3O2S. The van der Waals surface area contributed by atoms with Gasteiger partial charge in [-0.05, 0) is 25.5 Å². The molecule has 17 heavy (non-hydrogen) atoms. The van der Waals surface area contributed by atoms with Crippen LogP contribution < -0.4 is 10.5 Å². The Balaban J connectivity index is 2.51. The summed E-state index contributed by atoms with van der Waals surface area (Å²) >= 11 is 0. The Morgan fingerprint density at radius 2 is 2.06 bits per heavy atom. The molecule has 0 amide bonds. The SMILES string of the molecule is NCCCCCNS(=O)(=O)c1cncc(F)c1. The fourth-order valence-corrected chi connectivity index (χ4v) is 2.32. The van der Waals surface area contributed by atoms with Crippen LogP contribution in [0.25, 0.3) is 0 Å². The van der Waals surface area contributed by atoms with Gasteiger partial charge >= 0.3 is 0 Å². The maximum absolute atomic E-state index is 12.8. The van der Waals surface area contributed by atoms with Gasteiger partial charge in [-0.3, -0.25) is 4.98 Å². The number of hydrogen-bond acceptors (Lipinski definition) is 4. The van der Waals surface area contributed by atoms with E-state index < -0.39 is 15.8 Å². The number of aromatic nitrogens is 1. The molecule has 0 aliphatic carbocycles. The summed E-state index contributed by atoms with van der Waals surface area (Å²) < 4.78 is 38.6. The van der Waals surface area contributed by atoms with Crippen LogP contribution in [-0.4, -0.2) is 26.5 Å². The van der Waals surface area contributed by atoms with Gasteiger partial charge in [0.1, 0.15) is 10.7 Å². The van der Waals surface area contributed by atoms with Gasteiger partial charge < -0.3 is 5.73 Å². The first-order valence-corrected chi connectivity index (χ1v) is 6.85. The Hall–Kier alpha value is -1.05. The molecule has 0 aliphatic heterocycles. The molecule has 96 valence electrons. The Labute approximate surface area is 100 Å². The van der Waals surface area contributed by atoms with Gasteiger partial charge in [-0.15, -0.1) is 0 Å². The van der Waals surface area contributed by atoms with Gasteiger partial charge in [-0.2, -0.15) is 0 Å². The van der Waals surface area contributed by atoms with Crippen LogP contribution in [0.3, 0.4) is 0 Å². The molecule has 0 spiro atoms. The van der Waals surface area contributed by atoms with Crippen LogP contribution in [0.4, 0.5) is 4.39 Å². The number of hydrogen-bond donors (Lipinski definition) is 2. The summed E-state index contributed by atoms with van der Waals surface area (Å²) in [4.78, 5) is 3.34. The van der Waals surface area contributed by atoms with Crippen molar-refractivity contribution < 1.29 is 12.8 Å². The highest BCUT2D eigenvalue weighted by molar-refractivity contribution is 7.89. The van der Waals surface area contributed by atoms with Gasteiger partial charge in [-0.25, -0.2) is 17.5 Å². The van der Waals surface area contributed by atoms with Crippen molar-refractivity contribution >= 4 is 10.0 Å². The molecule has 0 atom stereocenters. The van der Waals surface area contributed by atoms with Gasteiger partial charge in [0, 0.05) is 12.7 Å². The Bertz CT molecular complexity index is 451. The maximum atomic E-state index is 12.8. The average Bonchev–Trinajstić information content (AvgIpc) is 2.29. The second kappa shape index (κ2) is 6.63. The molecule has 3 N–H and O–H groups in total. The predicted molar refractivity (Wildman–Crippen MR) is 62.3 cm³/mol. The highest BCUT2D eigenvalue weighted by Crippen LogP contribution is 2.08. The molecule has 0 radical (unpaired) electrons. The first kappa shape index (κ1) is 14.0. The summed E-state index contributed by atoms with van der Waals surface area (Å²) in [5.41, 5.74) is 5.32. The summed E-state index contributed by atoms with van der Waals surface area (Å²) in [7, 11) is -3.65. The van der Waals surface area contributed by atoms with E-state index in [2.05, 4.69) is 9.71 Å². The second-order valence-corrected chi connectivity index (χ2v) is 5.35. The normalized spacial score (nSPS) is 11.6. The molecule has 1 aromatic heterocycles. The number of sulfonamides is 1. The summed E-state index contributed by atoms with van der Waals surface area (Å²) in [6, 6.07) is 0.940. The van der Waals surface area contributed by atoms with Crippen molar-refractivity contribution in [1.29, 1.82) is 0 Å². The number of nitrogens with one attached hydrogen (secondary N) is 1. The minimum Gasteiger partial charge on any atom is -0.330 e. The smallest absolute Gasteiger partial charge is 0.242 e. The number of unbranched alkanes of at least 4 members (excludes halogenated alkanes) is 2. The van der Waals surface area contributed by atoms with E-state index in [1.54, 1.807) is 0 Å². The number of rotatable bonds is 7. The van der Waals surface area contributed by atoms with Crippen LogP contribution in [0.2, 0.25) is 0 Å². The predicted octanol–water partition coefficient (Wildman–Crippen LogP) is 0.628. The third-order valence-corrected chi connectivity index (χ3v) is 3.59. The van der Waals surface area contributed by atoms with Crippen molar-refractivity contribution in [2.75, 3.05) is 13.1 Å². The minimum absolute atomic E-state index is 0.156. The van der Waals surface area contributed by atoms with Crippen LogP contribution in [0.1, 0.15) is 19.3 Å². The van der Waals surface area contributed by atoms with Crippen molar-refractivity contribution in [1.82, 2.24) is 9.71 Å². The number of halogens is 1. The van der Waals surface area contributed by atoms with E-state index in [0.29, 0.717) is 19.5 Å². The highest BCUT2D eigenvalue weighted by Gasteiger charge is 2.14. The van der Waals surface area contributed by atoms with E-state index in [0.717, 1.165) is 31.3 Å². The third-order valence-electron chi connectivity index (χ3n) is 2.16. The van der Waals surface area contributed by atoms with Gasteiger partial charge in [-0.1, -0.05) is 6.42 Å². The zero-order valence-corrected chi connectivity index (χ0v) is 10.2. The molecule has 0 saturated carbocycles. The van der Waals surface area contributed by atoms with Crippen molar-refractivity contribution in [2.24, 2.45) is 5.73 Å². The summed E-state index contributed by atoms with van der Waals surface area (Å²) in [6.45, 7) is 0.916. The zero-order valence-electron chi connectivity index (χ0n) is 9.39. The van der Waals surface area contributed by atoms with Crippen LogP contribution in [0.15, 0.2) is 23.4 Å². The third kappa shape index (κ3) is 4.76. The molecule has 5 nitrogen and oxygen atoms in total. The molecule has 0 saturated heterocycles. The number of nitrogens with two attached hydrogens (primary N) is 1. The maximum Gasteiger partial charge on any atom is 0.242 e. The van der Waals surface area contributed by atoms with Crippen molar-refractivity contribution in [3.8, 4) is 0 Å². The van der Waals surface area contributed by atoms with Crippen molar-refractivity contribution in [3.05, 3.63) is 24.3 Å². The molecule has 0 aliphatic rings. The fourth-order valence-electron chi connectivity index (χ4n) is 1.28. The fraction of sp³-hybridized carbons (Fsp3) is 0.500. The lowest BCUT2D eigenvalue weighted by Crippen LogP contribution is -2.25. The standard InChI is InChI=1S/C10H16FN3O2S/c11-9-6-10(8-13-7-9)17(15,16)14-5-3-1-2-4-12/h6-8,14H,1-5,12H2. The summed E-state index contributed by atoms with van der Waals surface area (Å²) in [5, 5.41) is 0. The van der Waals surface area contributed by atoms with E-state index in [1.165, 1.54) is 0 Å². The Morgan fingerprint density at radius 1 is 1.29 bits per heavy atom. The van der Waals surface area contributed by atoms with Crippen LogP contribution >= 0.6 is 0 Å². The topological polar surface area (TPSA) is 85.1 Å². The van der Waals surface area contributed by atoms with Crippen molar-refractivity contribution in [3.63, 3.8) is 0 Å². The molecule has 0 fully saturated rings. The summed E-state index contributed by atoms with van der Waals surface area (Å²) in [5.74, 6) is -0.670. The van der Waals surface area contributed by atoms with E-state index >= 15 is 0 Å². The van der Waals surface area contributed by atoms with Gasteiger partial charge in [0.25, 0.3) is 0 Å². The van der Waals surface area contributed by atoms with E-state index in [9.17, 15) is 12.8 Å². The minimum atomic E-state index is -3.65. The van der Waals surface area contributed by atoms with Gasteiger partial charge in [0.2, 0.25) is 10.0 Å². The molecule has 1 aromatic rings. The van der Waals surface area contributed by atoms with E-state index in [-0.39, 0.29) is 4.90 Å².